The lowest BCUT2D eigenvalue weighted by atomic mass is 9.95. The van der Waals surface area contributed by atoms with E-state index in [-0.39, 0.29) is 23.5 Å². The number of amides is 2. The molecule has 0 aliphatic carbocycles. The summed E-state index contributed by atoms with van der Waals surface area (Å²) in [6, 6.07) is 9.60. The maximum atomic E-state index is 12.9. The van der Waals surface area contributed by atoms with Crippen LogP contribution >= 0.6 is 23.4 Å². The highest BCUT2D eigenvalue weighted by atomic mass is 35.5. The Bertz CT molecular complexity index is 809. The molecule has 1 aliphatic rings. The second-order valence-corrected chi connectivity index (χ2v) is 8.16. The average molecular weight is 422 g/mol. The zero-order valence-electron chi connectivity index (χ0n) is 15.2. The smallest absolute Gasteiger partial charge is 0.228 e. The van der Waals surface area contributed by atoms with Gasteiger partial charge in [-0.05, 0) is 49.2 Å². The van der Waals surface area contributed by atoms with Gasteiger partial charge >= 0.3 is 0 Å². The summed E-state index contributed by atoms with van der Waals surface area (Å²) in [5.41, 5.74) is 0. The number of aromatic nitrogens is 1. The zero-order chi connectivity index (χ0) is 19.9. The monoisotopic (exact) mass is 421 g/mol. The van der Waals surface area contributed by atoms with E-state index in [9.17, 15) is 14.0 Å². The van der Waals surface area contributed by atoms with Crippen molar-refractivity contribution in [2.24, 2.45) is 5.92 Å². The lowest BCUT2D eigenvalue weighted by Gasteiger charge is -2.31. The fourth-order valence-electron chi connectivity index (χ4n) is 3.01. The molecule has 1 aromatic heterocycles. The minimum atomic E-state index is -0.265. The number of rotatable bonds is 6. The number of nitrogens with one attached hydrogen (secondary N) is 1. The van der Waals surface area contributed by atoms with Crippen LogP contribution in [0.5, 0.6) is 0 Å². The van der Waals surface area contributed by atoms with Crippen LogP contribution in [0.15, 0.2) is 47.5 Å². The SMILES string of the molecule is O=C(Nc1ccc(Cl)cn1)C1CCN(C(=O)CCSc2ccc(F)cc2)CC1. The van der Waals surface area contributed by atoms with Crippen LogP contribution in [0.4, 0.5) is 10.2 Å². The van der Waals surface area contributed by atoms with Crippen molar-refractivity contribution in [2.45, 2.75) is 24.2 Å². The number of piperidine rings is 1. The minimum absolute atomic E-state index is 0.0752. The largest absolute Gasteiger partial charge is 0.343 e. The van der Waals surface area contributed by atoms with Crippen molar-refractivity contribution in [3.63, 3.8) is 0 Å². The molecule has 1 fully saturated rings. The van der Waals surface area contributed by atoms with Crippen molar-refractivity contribution < 1.29 is 14.0 Å². The first-order valence-corrected chi connectivity index (χ1v) is 10.5. The minimum Gasteiger partial charge on any atom is -0.343 e. The second-order valence-electron chi connectivity index (χ2n) is 6.56. The van der Waals surface area contributed by atoms with Gasteiger partial charge in [-0.25, -0.2) is 9.37 Å². The Morgan fingerprint density at radius 1 is 1.18 bits per heavy atom. The predicted molar refractivity (Wildman–Crippen MR) is 109 cm³/mol. The normalized spacial score (nSPS) is 14.7. The molecule has 2 amide bonds. The molecular weight excluding hydrogens is 401 g/mol. The number of hydrogen-bond donors (Lipinski definition) is 1. The van der Waals surface area contributed by atoms with Crippen LogP contribution in [-0.4, -0.2) is 40.5 Å². The van der Waals surface area contributed by atoms with Gasteiger partial charge in [-0.15, -0.1) is 11.8 Å². The number of likely N-dealkylation sites (tertiary alicyclic amines) is 1. The topological polar surface area (TPSA) is 62.3 Å². The van der Waals surface area contributed by atoms with Gasteiger partial charge in [0.15, 0.2) is 0 Å². The summed E-state index contributed by atoms with van der Waals surface area (Å²) in [4.78, 5) is 31.6. The molecule has 1 aromatic carbocycles. The average Bonchev–Trinajstić information content (AvgIpc) is 2.71. The van der Waals surface area contributed by atoms with Gasteiger partial charge in [-0.3, -0.25) is 9.59 Å². The Morgan fingerprint density at radius 3 is 2.54 bits per heavy atom. The first-order valence-electron chi connectivity index (χ1n) is 9.10. The fraction of sp³-hybridized carbons (Fsp3) is 0.350. The number of nitrogens with zero attached hydrogens (tertiary/aromatic N) is 2. The molecule has 2 aromatic rings. The zero-order valence-corrected chi connectivity index (χ0v) is 16.8. The Balaban J connectivity index is 1.39. The molecule has 0 unspecified atom stereocenters. The number of carbonyl (C=O) groups excluding carboxylic acids is 2. The van der Waals surface area contributed by atoms with E-state index in [0.717, 1.165) is 4.90 Å². The standard InChI is InChI=1S/C20H21ClFN3O2S/c21-15-1-6-18(23-13-15)24-20(27)14-7-10-25(11-8-14)19(26)9-12-28-17-4-2-16(22)3-5-17/h1-6,13-14H,7-12H2,(H,23,24,27). The van der Waals surface area contributed by atoms with Gasteiger partial charge in [-0.1, -0.05) is 11.6 Å². The van der Waals surface area contributed by atoms with Crippen molar-refractivity contribution in [3.8, 4) is 0 Å². The van der Waals surface area contributed by atoms with E-state index in [0.29, 0.717) is 48.9 Å². The predicted octanol–water partition coefficient (Wildman–Crippen LogP) is 4.23. The molecule has 0 saturated carbocycles. The van der Waals surface area contributed by atoms with Crippen LogP contribution in [0.25, 0.3) is 0 Å². The van der Waals surface area contributed by atoms with Crippen molar-refractivity contribution >= 4 is 41.0 Å². The number of benzene rings is 1. The third-order valence-electron chi connectivity index (χ3n) is 4.60. The van der Waals surface area contributed by atoms with Crippen molar-refractivity contribution in [3.05, 3.63) is 53.4 Å². The lowest BCUT2D eigenvalue weighted by Crippen LogP contribution is -2.41. The molecule has 2 heterocycles. The number of pyridine rings is 1. The first-order chi connectivity index (χ1) is 13.5. The highest BCUT2D eigenvalue weighted by Crippen LogP contribution is 2.22. The molecule has 0 radical (unpaired) electrons. The van der Waals surface area contributed by atoms with Gasteiger partial charge in [0.2, 0.25) is 11.8 Å². The molecule has 3 rings (SSSR count). The molecule has 0 spiro atoms. The summed E-state index contributed by atoms with van der Waals surface area (Å²) in [6.45, 7) is 1.15. The van der Waals surface area contributed by atoms with Crippen LogP contribution in [0.1, 0.15) is 19.3 Å². The molecule has 1 N–H and O–H groups in total. The van der Waals surface area contributed by atoms with Gasteiger partial charge in [-0.2, -0.15) is 0 Å². The van der Waals surface area contributed by atoms with Gasteiger partial charge < -0.3 is 10.2 Å². The molecular formula is C20H21ClFN3O2S. The van der Waals surface area contributed by atoms with Gasteiger partial charge in [0.05, 0.1) is 5.02 Å². The number of hydrogen-bond acceptors (Lipinski definition) is 4. The molecule has 148 valence electrons. The number of thioether (sulfide) groups is 1. The van der Waals surface area contributed by atoms with Crippen LogP contribution in [0.2, 0.25) is 5.02 Å². The highest BCUT2D eigenvalue weighted by molar-refractivity contribution is 7.99. The van der Waals surface area contributed by atoms with Gasteiger partial charge in [0.25, 0.3) is 0 Å². The molecule has 1 saturated heterocycles. The Morgan fingerprint density at radius 2 is 1.89 bits per heavy atom. The second kappa shape index (κ2) is 9.89. The molecule has 0 bridgehead atoms. The van der Waals surface area contributed by atoms with Gasteiger partial charge in [0, 0.05) is 42.3 Å². The van der Waals surface area contributed by atoms with E-state index in [1.807, 2.05) is 4.90 Å². The lowest BCUT2D eigenvalue weighted by molar-refractivity contribution is -0.134. The van der Waals surface area contributed by atoms with E-state index in [4.69, 9.17) is 11.6 Å². The van der Waals surface area contributed by atoms with E-state index in [2.05, 4.69) is 10.3 Å². The van der Waals surface area contributed by atoms with Crippen LogP contribution in [-0.2, 0) is 9.59 Å². The summed E-state index contributed by atoms with van der Waals surface area (Å²) >= 11 is 7.33. The maximum absolute atomic E-state index is 12.9. The molecule has 28 heavy (non-hydrogen) atoms. The summed E-state index contributed by atoms with van der Waals surface area (Å²) in [6.07, 6.45) is 3.18. The Kier molecular flexibility index (Phi) is 7.28. The van der Waals surface area contributed by atoms with E-state index in [1.54, 1.807) is 24.3 Å². The van der Waals surface area contributed by atoms with Crippen molar-refractivity contribution in [1.82, 2.24) is 9.88 Å². The molecule has 0 atom stereocenters. The van der Waals surface area contributed by atoms with E-state index < -0.39 is 0 Å². The number of anilines is 1. The Hall–Kier alpha value is -2.12. The third kappa shape index (κ3) is 5.94. The summed E-state index contributed by atoms with van der Waals surface area (Å²) in [5, 5.41) is 3.31. The quantitative estimate of drug-likeness (QED) is 0.709. The van der Waals surface area contributed by atoms with Crippen molar-refractivity contribution in [1.29, 1.82) is 0 Å². The highest BCUT2D eigenvalue weighted by Gasteiger charge is 2.27. The third-order valence-corrected chi connectivity index (χ3v) is 5.83. The molecule has 5 nitrogen and oxygen atoms in total. The maximum Gasteiger partial charge on any atom is 0.228 e. The molecule has 1 aliphatic heterocycles. The van der Waals surface area contributed by atoms with E-state index in [1.165, 1.54) is 30.1 Å². The van der Waals surface area contributed by atoms with E-state index >= 15 is 0 Å². The van der Waals surface area contributed by atoms with Crippen LogP contribution in [0.3, 0.4) is 0 Å². The summed E-state index contributed by atoms with van der Waals surface area (Å²) < 4.78 is 12.9. The number of carbonyl (C=O) groups is 2. The Labute approximate surface area is 172 Å². The van der Waals surface area contributed by atoms with Crippen LogP contribution in [0, 0.1) is 11.7 Å². The summed E-state index contributed by atoms with van der Waals surface area (Å²) in [5.74, 6) is 0.745. The fourth-order valence-corrected chi connectivity index (χ4v) is 3.97. The summed E-state index contributed by atoms with van der Waals surface area (Å²) in [7, 11) is 0. The first kappa shape index (κ1) is 20.6. The van der Waals surface area contributed by atoms with Gasteiger partial charge in [0.1, 0.15) is 11.6 Å². The number of halogens is 2. The van der Waals surface area contributed by atoms with Crippen molar-refractivity contribution in [2.75, 3.05) is 24.2 Å². The molecule has 8 heteroatoms. The van der Waals surface area contributed by atoms with Crippen LogP contribution < -0.4 is 5.32 Å².